The molecule has 0 aromatic carbocycles. The summed E-state index contributed by atoms with van der Waals surface area (Å²) in [5.41, 5.74) is 9.35. The third-order valence-corrected chi connectivity index (χ3v) is 6.83. The molecule has 10 heteroatoms. The number of hydrazone groups is 2. The molecule has 0 bridgehead atoms. The molecule has 3 rings (SSSR count). The quantitative estimate of drug-likeness (QED) is 0.624. The highest BCUT2D eigenvalue weighted by molar-refractivity contribution is 8.30. The zero-order chi connectivity index (χ0) is 18.2. The zero-order valence-electron chi connectivity index (χ0n) is 15.8. The summed E-state index contributed by atoms with van der Waals surface area (Å²) in [5, 5.41) is 1.92. The van der Waals surface area contributed by atoms with Crippen molar-refractivity contribution in [1.82, 2.24) is 20.7 Å². The van der Waals surface area contributed by atoms with Crippen LogP contribution in [0.5, 0.6) is 0 Å². The number of hydrazine groups is 2. The molecule has 2 saturated heterocycles. The van der Waals surface area contributed by atoms with Crippen LogP contribution >= 0.6 is 23.5 Å². The normalized spacial score (nSPS) is 28.5. The van der Waals surface area contributed by atoms with Crippen LogP contribution in [0.15, 0.2) is 9.98 Å². The summed E-state index contributed by atoms with van der Waals surface area (Å²) in [6.07, 6.45) is 0. The maximum Gasteiger partial charge on any atom is 0.518 e. The fourth-order valence-corrected chi connectivity index (χ4v) is 5.51. The van der Waals surface area contributed by atoms with E-state index in [1.54, 1.807) is 23.5 Å². The van der Waals surface area contributed by atoms with Crippen molar-refractivity contribution < 1.29 is 9.37 Å². The minimum atomic E-state index is -0.304. The van der Waals surface area contributed by atoms with Crippen molar-refractivity contribution in [3.63, 3.8) is 0 Å². The van der Waals surface area contributed by atoms with Crippen molar-refractivity contribution in [2.45, 2.75) is 18.2 Å². The predicted octanol–water partition coefficient (Wildman–Crippen LogP) is -0.104. The summed E-state index contributed by atoms with van der Waals surface area (Å²) < 4.78 is 4.10. The van der Waals surface area contributed by atoms with Crippen molar-refractivity contribution >= 4 is 45.3 Å². The van der Waals surface area contributed by atoms with Crippen LogP contribution in [-0.2, 0) is 0 Å². The van der Waals surface area contributed by atoms with E-state index in [-0.39, 0.29) is 4.33 Å². The lowest BCUT2D eigenvalue weighted by Crippen LogP contribution is -2.42. The van der Waals surface area contributed by atoms with Gasteiger partial charge < -0.3 is 9.80 Å². The van der Waals surface area contributed by atoms with E-state index in [4.69, 9.17) is 9.98 Å². The Bertz CT molecular complexity index is 619. The van der Waals surface area contributed by atoms with Crippen LogP contribution in [0.25, 0.3) is 0 Å². The first-order valence-corrected chi connectivity index (χ1v) is 10.0. The zero-order valence-corrected chi connectivity index (χ0v) is 17.5. The predicted molar refractivity (Wildman–Crippen MR) is 108 cm³/mol. The second-order valence-electron chi connectivity index (χ2n) is 6.80. The standard InChI is InChI=1S/C15H27N8S2/c1-11-12(2)23-15(25-14(19-23)17-8-10-21(5)6)22(11)18-13(24-15)16-7-9-20(3)4/h7-10H2,1-6H3,(H,16,18)/q+1/p+1. The van der Waals surface area contributed by atoms with Crippen molar-refractivity contribution in [1.29, 1.82) is 0 Å². The van der Waals surface area contributed by atoms with E-state index < -0.39 is 0 Å². The van der Waals surface area contributed by atoms with Gasteiger partial charge in [-0.25, -0.2) is 0 Å². The van der Waals surface area contributed by atoms with Crippen LogP contribution in [-0.4, -0.2) is 99.6 Å². The number of amidine groups is 2. The van der Waals surface area contributed by atoms with Crippen molar-refractivity contribution in [3.05, 3.63) is 0 Å². The Balaban J connectivity index is 1.78. The van der Waals surface area contributed by atoms with Crippen molar-refractivity contribution in [2.75, 3.05) is 54.4 Å². The van der Waals surface area contributed by atoms with Crippen LogP contribution in [0.4, 0.5) is 0 Å². The van der Waals surface area contributed by atoms with Gasteiger partial charge in [-0.05, 0) is 37.6 Å². The molecule has 0 unspecified atom stereocenters. The first-order chi connectivity index (χ1) is 11.8. The number of hydrogen-bond donors (Lipinski definition) is 2. The highest BCUT2D eigenvalue weighted by Gasteiger charge is 2.74. The molecule has 0 saturated carbocycles. The van der Waals surface area contributed by atoms with Gasteiger partial charge in [0.15, 0.2) is 0 Å². The summed E-state index contributed by atoms with van der Waals surface area (Å²) in [5.74, 6) is 0. The number of rotatable bonds is 6. The van der Waals surface area contributed by atoms with Crippen LogP contribution in [0.3, 0.4) is 0 Å². The van der Waals surface area contributed by atoms with Crippen molar-refractivity contribution in [3.8, 4) is 0 Å². The van der Waals surface area contributed by atoms with Gasteiger partial charge in [-0.1, -0.05) is 0 Å². The molecule has 0 amide bonds. The van der Waals surface area contributed by atoms with E-state index in [2.05, 4.69) is 72.1 Å². The Morgan fingerprint density at radius 1 is 0.840 bits per heavy atom. The van der Waals surface area contributed by atoms with E-state index in [0.717, 1.165) is 36.5 Å². The molecule has 0 atom stereocenters. The van der Waals surface area contributed by atoms with E-state index >= 15 is 0 Å². The summed E-state index contributed by atoms with van der Waals surface area (Å²) in [7, 11) is 8.27. The minimum Gasteiger partial charge on any atom is -0.308 e. The Kier molecular flexibility index (Phi) is 5.42. The topological polar surface area (TPSA) is 61.3 Å². The molecule has 3 heterocycles. The minimum absolute atomic E-state index is 0.304. The SMILES string of the molecule is CC1=[N+]2NC(=NCCN(C)C)SC23SC(=NCCN(C)C)N[N+]3=C1C. The monoisotopic (exact) mass is 384 g/mol. The van der Waals surface area contributed by atoms with Gasteiger partial charge in [0.05, 0.1) is 36.6 Å². The average Bonchev–Trinajstić information content (AvgIpc) is 3.11. The highest BCUT2D eigenvalue weighted by atomic mass is 32.2. The number of nitrogens with one attached hydrogen (secondary N) is 2. The Morgan fingerprint density at radius 3 is 1.60 bits per heavy atom. The molecule has 138 valence electrons. The molecular formula is C15H28N8S2+2. The fraction of sp³-hybridized carbons (Fsp3) is 0.733. The summed E-state index contributed by atoms with van der Waals surface area (Å²) in [6, 6.07) is 0. The van der Waals surface area contributed by atoms with E-state index in [0.29, 0.717) is 0 Å². The number of hydrogen-bond acceptors (Lipinski definition) is 6. The fourth-order valence-electron chi connectivity index (χ4n) is 2.69. The summed E-state index contributed by atoms with van der Waals surface area (Å²) >= 11 is 3.48. The van der Waals surface area contributed by atoms with Gasteiger partial charge in [0.1, 0.15) is 0 Å². The van der Waals surface area contributed by atoms with Crippen LogP contribution in [0.1, 0.15) is 13.8 Å². The van der Waals surface area contributed by atoms with Gasteiger partial charge in [0.2, 0.25) is 10.3 Å². The van der Waals surface area contributed by atoms with E-state index in [1.165, 1.54) is 11.4 Å². The van der Waals surface area contributed by atoms with Crippen LogP contribution in [0, 0.1) is 0 Å². The molecule has 0 aliphatic carbocycles. The number of aliphatic imine (C=N–C) groups is 2. The molecule has 0 radical (unpaired) electrons. The van der Waals surface area contributed by atoms with Gasteiger partial charge in [0.25, 0.3) is 11.4 Å². The van der Waals surface area contributed by atoms with Crippen LogP contribution in [0.2, 0.25) is 0 Å². The smallest absolute Gasteiger partial charge is 0.308 e. The van der Waals surface area contributed by atoms with E-state index in [9.17, 15) is 0 Å². The second-order valence-corrected chi connectivity index (χ2v) is 9.38. The Labute approximate surface area is 158 Å². The Hall–Kier alpha value is -1.10. The Morgan fingerprint density at radius 2 is 1.24 bits per heavy atom. The molecule has 25 heavy (non-hydrogen) atoms. The largest absolute Gasteiger partial charge is 0.518 e. The van der Waals surface area contributed by atoms with Crippen LogP contribution < -0.4 is 10.9 Å². The number of thioether (sulfide) groups is 2. The summed E-state index contributed by atoms with van der Waals surface area (Å²) in [6.45, 7) is 7.73. The van der Waals surface area contributed by atoms with Gasteiger partial charge in [-0.3, -0.25) is 9.98 Å². The van der Waals surface area contributed by atoms with E-state index in [1.807, 2.05) is 0 Å². The molecule has 3 aliphatic heterocycles. The molecule has 2 N–H and O–H groups in total. The summed E-state index contributed by atoms with van der Waals surface area (Å²) in [4.78, 5) is 13.7. The van der Waals surface area contributed by atoms with Gasteiger partial charge in [-0.2, -0.15) is 0 Å². The molecule has 1 spiro atoms. The lowest BCUT2D eigenvalue weighted by molar-refractivity contribution is -0.779. The molecule has 0 aromatic rings. The average molecular weight is 385 g/mol. The molecule has 0 aromatic heterocycles. The van der Waals surface area contributed by atoms with Gasteiger partial charge in [0, 0.05) is 26.9 Å². The number of likely N-dealkylation sites (N-methyl/N-ethyl adjacent to an activating group) is 2. The first kappa shape index (κ1) is 18.7. The third-order valence-electron chi connectivity index (χ3n) is 4.24. The lowest BCUT2D eigenvalue weighted by Gasteiger charge is -2.05. The van der Waals surface area contributed by atoms with Crippen molar-refractivity contribution in [2.24, 2.45) is 9.98 Å². The molecule has 8 nitrogen and oxygen atoms in total. The first-order valence-electron chi connectivity index (χ1n) is 8.41. The maximum atomic E-state index is 4.72. The van der Waals surface area contributed by atoms with Gasteiger partial charge >= 0.3 is 4.33 Å². The highest BCUT2D eigenvalue weighted by Crippen LogP contribution is 2.48. The maximum absolute atomic E-state index is 4.72. The number of nitrogens with zero attached hydrogens (tertiary/aromatic N) is 6. The molecule has 2 fully saturated rings. The molecular weight excluding hydrogens is 356 g/mol. The molecule has 3 aliphatic rings. The second kappa shape index (κ2) is 7.26. The lowest BCUT2D eigenvalue weighted by atomic mass is 10.3. The third kappa shape index (κ3) is 3.57. The van der Waals surface area contributed by atoms with Gasteiger partial charge in [-0.15, -0.1) is 10.9 Å².